The van der Waals surface area contributed by atoms with Crippen molar-refractivity contribution in [1.82, 2.24) is 10.6 Å². The summed E-state index contributed by atoms with van der Waals surface area (Å²) in [4.78, 5) is 11.2. The van der Waals surface area contributed by atoms with E-state index in [1.54, 1.807) is 20.2 Å². The molecular formula is C8H18N2O2S. The van der Waals surface area contributed by atoms with Crippen LogP contribution in [0.15, 0.2) is 0 Å². The van der Waals surface area contributed by atoms with Gasteiger partial charge in [-0.15, -0.1) is 0 Å². The van der Waals surface area contributed by atoms with Gasteiger partial charge in [-0.2, -0.15) is 0 Å². The standard InChI is InChI=1S/C8H18N2O2S/c1-7(9-2)8(11)10-5-4-6-13(3)12/h7,9H,4-6H2,1-3H3,(H,10,11). The predicted molar refractivity (Wildman–Crippen MR) is 55.1 cm³/mol. The third-order valence-corrected chi connectivity index (χ3v) is 2.60. The predicted octanol–water partition coefficient (Wildman–Crippen LogP) is -0.521. The first kappa shape index (κ1) is 12.6. The van der Waals surface area contributed by atoms with Crippen LogP contribution in [0.2, 0.25) is 0 Å². The summed E-state index contributed by atoms with van der Waals surface area (Å²) in [5.41, 5.74) is 0. The quantitative estimate of drug-likeness (QED) is 0.575. The van der Waals surface area contributed by atoms with E-state index < -0.39 is 10.8 Å². The highest BCUT2D eigenvalue weighted by Gasteiger charge is 2.08. The molecule has 0 aliphatic carbocycles. The van der Waals surface area contributed by atoms with Crippen molar-refractivity contribution in [2.45, 2.75) is 19.4 Å². The van der Waals surface area contributed by atoms with Gasteiger partial charge in [-0.3, -0.25) is 9.00 Å². The first-order chi connectivity index (χ1) is 6.07. The molecule has 0 aromatic heterocycles. The molecule has 0 heterocycles. The molecule has 2 N–H and O–H groups in total. The van der Waals surface area contributed by atoms with Gasteiger partial charge in [-0.05, 0) is 20.4 Å². The molecule has 78 valence electrons. The SMILES string of the molecule is CNC(C)C(=O)NCCCS(C)=O. The number of hydrogen-bond donors (Lipinski definition) is 2. The second kappa shape index (κ2) is 7.03. The molecule has 0 aliphatic heterocycles. The highest BCUT2D eigenvalue weighted by atomic mass is 32.2. The lowest BCUT2D eigenvalue weighted by Crippen LogP contribution is -2.40. The fraction of sp³-hybridized carbons (Fsp3) is 0.875. The van der Waals surface area contributed by atoms with Gasteiger partial charge in [0, 0.05) is 29.4 Å². The first-order valence-electron chi connectivity index (χ1n) is 4.33. The Morgan fingerprint density at radius 2 is 2.15 bits per heavy atom. The fourth-order valence-electron chi connectivity index (χ4n) is 0.771. The van der Waals surface area contributed by atoms with Crippen molar-refractivity contribution in [2.24, 2.45) is 0 Å². The summed E-state index contributed by atoms with van der Waals surface area (Å²) in [6.07, 6.45) is 2.43. The molecule has 2 unspecified atom stereocenters. The van der Waals surface area contributed by atoms with Gasteiger partial charge in [0.2, 0.25) is 5.91 Å². The normalized spacial score (nSPS) is 15.0. The Labute approximate surface area is 81.9 Å². The molecule has 2 atom stereocenters. The van der Waals surface area contributed by atoms with Gasteiger partial charge in [-0.25, -0.2) is 0 Å². The van der Waals surface area contributed by atoms with Crippen LogP contribution < -0.4 is 10.6 Å². The van der Waals surface area contributed by atoms with Crippen molar-refractivity contribution >= 4 is 16.7 Å². The van der Waals surface area contributed by atoms with Crippen LogP contribution in [0, 0.1) is 0 Å². The van der Waals surface area contributed by atoms with Crippen molar-refractivity contribution in [1.29, 1.82) is 0 Å². The second-order valence-electron chi connectivity index (χ2n) is 2.93. The van der Waals surface area contributed by atoms with Crippen LogP contribution in [0.5, 0.6) is 0 Å². The molecule has 0 spiro atoms. The summed E-state index contributed by atoms with van der Waals surface area (Å²) in [5, 5.41) is 5.60. The average Bonchev–Trinajstić information content (AvgIpc) is 2.10. The third kappa shape index (κ3) is 6.72. The number of carbonyl (C=O) groups is 1. The Hall–Kier alpha value is -0.420. The van der Waals surface area contributed by atoms with Crippen LogP contribution in [-0.2, 0) is 15.6 Å². The fourth-order valence-corrected chi connectivity index (χ4v) is 1.32. The zero-order valence-corrected chi connectivity index (χ0v) is 9.24. The van der Waals surface area contributed by atoms with Crippen LogP contribution in [0.1, 0.15) is 13.3 Å². The molecule has 0 aromatic carbocycles. The summed E-state index contributed by atoms with van der Waals surface area (Å²) in [7, 11) is 0.982. The molecule has 0 radical (unpaired) electrons. The number of hydrogen-bond acceptors (Lipinski definition) is 3. The van der Waals surface area contributed by atoms with E-state index in [1.807, 2.05) is 0 Å². The highest BCUT2D eigenvalue weighted by Crippen LogP contribution is 1.84. The van der Waals surface area contributed by atoms with E-state index in [2.05, 4.69) is 10.6 Å². The Balaban J connectivity index is 3.42. The summed E-state index contributed by atoms with van der Waals surface area (Å²) >= 11 is 0. The van der Waals surface area contributed by atoms with E-state index >= 15 is 0 Å². The lowest BCUT2D eigenvalue weighted by Gasteiger charge is -2.10. The molecule has 0 fully saturated rings. The average molecular weight is 206 g/mol. The Bertz CT molecular complexity index is 185. The molecule has 0 aromatic rings. The number of amides is 1. The van der Waals surface area contributed by atoms with Crippen molar-refractivity contribution < 1.29 is 9.00 Å². The maximum Gasteiger partial charge on any atom is 0.236 e. The van der Waals surface area contributed by atoms with E-state index in [9.17, 15) is 9.00 Å². The molecule has 5 heteroatoms. The van der Waals surface area contributed by atoms with Gasteiger partial charge in [0.1, 0.15) is 0 Å². The van der Waals surface area contributed by atoms with Gasteiger partial charge in [0.15, 0.2) is 0 Å². The zero-order valence-electron chi connectivity index (χ0n) is 8.42. The molecule has 0 saturated heterocycles. The molecule has 1 amide bonds. The largest absolute Gasteiger partial charge is 0.355 e. The van der Waals surface area contributed by atoms with Gasteiger partial charge in [0.25, 0.3) is 0 Å². The van der Waals surface area contributed by atoms with Gasteiger partial charge in [-0.1, -0.05) is 0 Å². The van der Waals surface area contributed by atoms with Crippen LogP contribution in [0.25, 0.3) is 0 Å². The zero-order chi connectivity index (χ0) is 10.3. The Morgan fingerprint density at radius 1 is 1.54 bits per heavy atom. The maximum atomic E-state index is 11.2. The number of nitrogens with one attached hydrogen (secondary N) is 2. The van der Waals surface area contributed by atoms with Crippen molar-refractivity contribution in [3.05, 3.63) is 0 Å². The summed E-state index contributed by atoms with van der Waals surface area (Å²) in [6.45, 7) is 2.40. The van der Waals surface area contributed by atoms with Crippen LogP contribution in [0.4, 0.5) is 0 Å². The Kier molecular flexibility index (Phi) is 6.80. The minimum atomic E-state index is -0.760. The van der Waals surface area contributed by atoms with Gasteiger partial charge < -0.3 is 10.6 Å². The minimum Gasteiger partial charge on any atom is -0.355 e. The van der Waals surface area contributed by atoms with Crippen molar-refractivity contribution in [3.63, 3.8) is 0 Å². The van der Waals surface area contributed by atoms with E-state index in [1.165, 1.54) is 0 Å². The smallest absolute Gasteiger partial charge is 0.236 e. The maximum absolute atomic E-state index is 11.2. The first-order valence-corrected chi connectivity index (χ1v) is 6.05. The summed E-state index contributed by atoms with van der Waals surface area (Å²) < 4.78 is 10.7. The second-order valence-corrected chi connectivity index (χ2v) is 4.49. The molecule has 13 heavy (non-hydrogen) atoms. The molecule has 0 bridgehead atoms. The van der Waals surface area contributed by atoms with E-state index in [0.717, 1.165) is 6.42 Å². The minimum absolute atomic E-state index is 0.00983. The van der Waals surface area contributed by atoms with Crippen LogP contribution in [0.3, 0.4) is 0 Å². The van der Waals surface area contributed by atoms with E-state index in [-0.39, 0.29) is 11.9 Å². The molecule has 4 nitrogen and oxygen atoms in total. The van der Waals surface area contributed by atoms with Gasteiger partial charge >= 0.3 is 0 Å². The number of carbonyl (C=O) groups excluding carboxylic acids is 1. The summed E-state index contributed by atoms with van der Waals surface area (Å²) in [6, 6.07) is -0.160. The molecule has 0 rings (SSSR count). The third-order valence-electron chi connectivity index (χ3n) is 1.73. The molecular weight excluding hydrogens is 188 g/mol. The van der Waals surface area contributed by atoms with Crippen LogP contribution in [-0.4, -0.2) is 41.8 Å². The topological polar surface area (TPSA) is 58.2 Å². The highest BCUT2D eigenvalue weighted by molar-refractivity contribution is 7.84. The molecule has 0 saturated carbocycles. The van der Waals surface area contributed by atoms with E-state index in [0.29, 0.717) is 12.3 Å². The lowest BCUT2D eigenvalue weighted by molar-refractivity contribution is -0.122. The Morgan fingerprint density at radius 3 is 2.62 bits per heavy atom. The number of rotatable bonds is 6. The van der Waals surface area contributed by atoms with Gasteiger partial charge in [0.05, 0.1) is 6.04 Å². The van der Waals surface area contributed by atoms with E-state index in [4.69, 9.17) is 0 Å². The van der Waals surface area contributed by atoms with Crippen molar-refractivity contribution in [2.75, 3.05) is 25.6 Å². The van der Waals surface area contributed by atoms with Crippen molar-refractivity contribution in [3.8, 4) is 0 Å². The van der Waals surface area contributed by atoms with Crippen LogP contribution >= 0.6 is 0 Å². The monoisotopic (exact) mass is 206 g/mol. The lowest BCUT2D eigenvalue weighted by atomic mass is 10.3. The summed E-state index contributed by atoms with van der Waals surface area (Å²) in [5.74, 6) is 0.637. The molecule has 0 aliphatic rings. The number of likely N-dealkylation sites (N-methyl/N-ethyl adjacent to an activating group) is 1.